The maximum atomic E-state index is 11.0. The monoisotopic (exact) mass is 275 g/mol. The van der Waals surface area contributed by atoms with Crippen molar-refractivity contribution in [1.82, 2.24) is 10.3 Å². The van der Waals surface area contributed by atoms with Crippen molar-refractivity contribution in [3.63, 3.8) is 0 Å². The average Bonchev–Trinajstić information content (AvgIpc) is 2.89. The molecule has 0 radical (unpaired) electrons. The Morgan fingerprint density at radius 2 is 2.16 bits per heavy atom. The SMILES string of the molecule is CC(NCCc1ccccc1)c1cnc(C(N)=O)s1. The number of hydrogen-bond acceptors (Lipinski definition) is 4. The van der Waals surface area contributed by atoms with Crippen LogP contribution in [0, 0.1) is 0 Å². The van der Waals surface area contributed by atoms with E-state index in [1.807, 2.05) is 18.2 Å². The molecule has 0 aliphatic heterocycles. The zero-order chi connectivity index (χ0) is 13.7. The van der Waals surface area contributed by atoms with Crippen LogP contribution in [0.1, 0.15) is 33.2 Å². The number of nitrogens with one attached hydrogen (secondary N) is 1. The van der Waals surface area contributed by atoms with Crippen molar-refractivity contribution in [3.05, 3.63) is 52.0 Å². The molecule has 0 aliphatic carbocycles. The third kappa shape index (κ3) is 3.87. The smallest absolute Gasteiger partial charge is 0.277 e. The number of nitrogens with two attached hydrogens (primary N) is 1. The Kier molecular flexibility index (Phi) is 4.65. The number of carbonyl (C=O) groups is 1. The van der Waals surface area contributed by atoms with Crippen molar-refractivity contribution >= 4 is 17.2 Å². The topological polar surface area (TPSA) is 68.0 Å². The molecule has 0 spiro atoms. The lowest BCUT2D eigenvalue weighted by molar-refractivity contribution is 0.1000. The number of rotatable bonds is 6. The van der Waals surface area contributed by atoms with Crippen LogP contribution in [0.15, 0.2) is 36.5 Å². The number of primary amides is 1. The average molecular weight is 275 g/mol. The van der Waals surface area contributed by atoms with Gasteiger partial charge in [-0.3, -0.25) is 4.79 Å². The molecule has 4 nitrogen and oxygen atoms in total. The summed E-state index contributed by atoms with van der Waals surface area (Å²) in [6.45, 7) is 2.94. The van der Waals surface area contributed by atoms with Gasteiger partial charge in [0.1, 0.15) is 0 Å². The zero-order valence-corrected chi connectivity index (χ0v) is 11.6. The molecule has 0 bridgehead atoms. The minimum absolute atomic E-state index is 0.175. The molecule has 5 heteroatoms. The van der Waals surface area contributed by atoms with Crippen LogP contribution in [0.3, 0.4) is 0 Å². The molecule has 19 heavy (non-hydrogen) atoms. The summed E-state index contributed by atoms with van der Waals surface area (Å²) >= 11 is 1.35. The Morgan fingerprint density at radius 1 is 1.42 bits per heavy atom. The highest BCUT2D eigenvalue weighted by Gasteiger charge is 2.11. The van der Waals surface area contributed by atoms with E-state index in [2.05, 4.69) is 29.4 Å². The van der Waals surface area contributed by atoms with Crippen molar-refractivity contribution in [3.8, 4) is 0 Å². The van der Waals surface area contributed by atoms with E-state index in [4.69, 9.17) is 5.73 Å². The fourth-order valence-electron chi connectivity index (χ4n) is 1.78. The predicted molar refractivity (Wildman–Crippen MR) is 77.2 cm³/mol. The van der Waals surface area contributed by atoms with Gasteiger partial charge in [0.2, 0.25) is 0 Å². The van der Waals surface area contributed by atoms with Gasteiger partial charge in [-0.25, -0.2) is 4.98 Å². The maximum absolute atomic E-state index is 11.0. The summed E-state index contributed by atoms with van der Waals surface area (Å²) in [7, 11) is 0. The van der Waals surface area contributed by atoms with Crippen LogP contribution in [-0.2, 0) is 6.42 Å². The van der Waals surface area contributed by atoms with Gasteiger partial charge in [-0.05, 0) is 25.5 Å². The summed E-state index contributed by atoms with van der Waals surface area (Å²) in [5.74, 6) is -0.465. The van der Waals surface area contributed by atoms with Crippen molar-refractivity contribution < 1.29 is 4.79 Å². The first-order valence-corrected chi connectivity index (χ1v) is 7.01. The molecule has 1 aromatic heterocycles. The number of aromatic nitrogens is 1. The first-order valence-electron chi connectivity index (χ1n) is 6.19. The van der Waals surface area contributed by atoms with E-state index in [-0.39, 0.29) is 6.04 Å². The first kappa shape index (κ1) is 13.7. The van der Waals surface area contributed by atoms with Gasteiger partial charge in [0.05, 0.1) is 0 Å². The van der Waals surface area contributed by atoms with E-state index < -0.39 is 5.91 Å². The van der Waals surface area contributed by atoms with E-state index >= 15 is 0 Å². The number of thiazole rings is 1. The second-order valence-electron chi connectivity index (χ2n) is 4.34. The summed E-state index contributed by atoms with van der Waals surface area (Å²) in [5.41, 5.74) is 6.50. The van der Waals surface area contributed by atoms with Crippen molar-refractivity contribution in [1.29, 1.82) is 0 Å². The Bertz CT molecular complexity index is 539. The minimum atomic E-state index is -0.465. The standard InChI is InChI=1S/C14H17N3OS/c1-10(12-9-17-14(19-12)13(15)18)16-8-7-11-5-3-2-4-6-11/h2-6,9-10,16H,7-8H2,1H3,(H2,15,18). The van der Waals surface area contributed by atoms with Gasteiger partial charge in [-0.15, -0.1) is 11.3 Å². The molecule has 1 unspecified atom stereocenters. The second-order valence-corrected chi connectivity index (χ2v) is 5.41. The van der Waals surface area contributed by atoms with Crippen molar-refractivity contribution in [2.75, 3.05) is 6.54 Å². The lowest BCUT2D eigenvalue weighted by Gasteiger charge is -2.11. The number of nitrogens with zero attached hydrogens (tertiary/aromatic N) is 1. The molecule has 2 rings (SSSR count). The van der Waals surface area contributed by atoms with Gasteiger partial charge in [0, 0.05) is 17.1 Å². The second kappa shape index (κ2) is 6.45. The quantitative estimate of drug-likeness (QED) is 0.848. The van der Waals surface area contributed by atoms with Crippen LogP contribution in [0.2, 0.25) is 0 Å². The third-order valence-electron chi connectivity index (χ3n) is 2.87. The molecule has 0 saturated carbocycles. The number of amides is 1. The minimum Gasteiger partial charge on any atom is -0.364 e. The summed E-state index contributed by atoms with van der Waals surface area (Å²) in [5, 5.41) is 3.79. The predicted octanol–water partition coefficient (Wildman–Crippen LogP) is 2.14. The first-order chi connectivity index (χ1) is 9.16. The molecule has 1 heterocycles. The normalized spacial score (nSPS) is 12.3. The molecular weight excluding hydrogens is 258 g/mol. The van der Waals surface area contributed by atoms with E-state index in [1.165, 1.54) is 16.9 Å². The lowest BCUT2D eigenvalue weighted by atomic mass is 10.1. The summed E-state index contributed by atoms with van der Waals surface area (Å²) in [6, 6.07) is 10.5. The van der Waals surface area contributed by atoms with E-state index in [9.17, 15) is 4.79 Å². The highest BCUT2D eigenvalue weighted by Crippen LogP contribution is 2.20. The van der Waals surface area contributed by atoms with E-state index in [0.29, 0.717) is 5.01 Å². The van der Waals surface area contributed by atoms with Gasteiger partial charge in [0.25, 0.3) is 5.91 Å². The van der Waals surface area contributed by atoms with E-state index in [1.54, 1.807) is 6.20 Å². The van der Waals surface area contributed by atoms with Crippen LogP contribution >= 0.6 is 11.3 Å². The maximum Gasteiger partial charge on any atom is 0.277 e. The van der Waals surface area contributed by atoms with Crippen molar-refractivity contribution in [2.45, 2.75) is 19.4 Å². The highest BCUT2D eigenvalue weighted by molar-refractivity contribution is 7.13. The largest absolute Gasteiger partial charge is 0.364 e. The van der Waals surface area contributed by atoms with Crippen LogP contribution in [-0.4, -0.2) is 17.4 Å². The van der Waals surface area contributed by atoms with Gasteiger partial charge < -0.3 is 11.1 Å². The molecule has 1 amide bonds. The lowest BCUT2D eigenvalue weighted by Crippen LogP contribution is -2.20. The third-order valence-corrected chi connectivity index (χ3v) is 4.06. The molecule has 0 aliphatic rings. The zero-order valence-electron chi connectivity index (χ0n) is 10.8. The number of carbonyl (C=O) groups excluding carboxylic acids is 1. The van der Waals surface area contributed by atoms with Crippen LogP contribution in [0.5, 0.6) is 0 Å². The Labute approximate surface area is 116 Å². The highest BCUT2D eigenvalue weighted by atomic mass is 32.1. The fourth-order valence-corrected chi connectivity index (χ4v) is 2.57. The Balaban J connectivity index is 1.83. The fraction of sp³-hybridized carbons (Fsp3) is 0.286. The van der Waals surface area contributed by atoms with Crippen LogP contribution in [0.4, 0.5) is 0 Å². The van der Waals surface area contributed by atoms with E-state index in [0.717, 1.165) is 17.8 Å². The van der Waals surface area contributed by atoms with Gasteiger partial charge in [-0.1, -0.05) is 30.3 Å². The molecule has 100 valence electrons. The van der Waals surface area contributed by atoms with Gasteiger partial charge >= 0.3 is 0 Å². The molecule has 1 atom stereocenters. The summed E-state index contributed by atoms with van der Waals surface area (Å²) in [4.78, 5) is 16.0. The molecule has 0 fully saturated rings. The summed E-state index contributed by atoms with van der Waals surface area (Å²) in [6.07, 6.45) is 2.69. The van der Waals surface area contributed by atoms with Crippen LogP contribution in [0.25, 0.3) is 0 Å². The molecule has 0 saturated heterocycles. The number of benzene rings is 1. The molecular formula is C14H17N3OS. The van der Waals surface area contributed by atoms with Gasteiger partial charge in [-0.2, -0.15) is 0 Å². The summed E-state index contributed by atoms with van der Waals surface area (Å²) < 4.78 is 0. The van der Waals surface area contributed by atoms with Gasteiger partial charge in [0.15, 0.2) is 5.01 Å². The molecule has 2 aromatic rings. The Hall–Kier alpha value is -1.72. The van der Waals surface area contributed by atoms with Crippen molar-refractivity contribution in [2.24, 2.45) is 5.73 Å². The number of hydrogen-bond donors (Lipinski definition) is 2. The van der Waals surface area contributed by atoms with Crippen LogP contribution < -0.4 is 11.1 Å². The Morgan fingerprint density at radius 3 is 2.79 bits per heavy atom. The molecule has 1 aromatic carbocycles. The molecule has 3 N–H and O–H groups in total.